The minimum Gasteiger partial charge on any atom is -0.307 e. The first-order valence-corrected chi connectivity index (χ1v) is 2.69. The zero-order chi connectivity index (χ0) is 5.98. The summed E-state index contributed by atoms with van der Waals surface area (Å²) in [6, 6.07) is 0. The Morgan fingerprint density at radius 1 is 1.50 bits per heavy atom. The van der Waals surface area contributed by atoms with Crippen LogP contribution in [0, 0.1) is 0 Å². The first-order valence-electron chi connectivity index (χ1n) is 2.35. The molecule has 2 N–H and O–H groups in total. The lowest BCUT2D eigenvalue weighted by Gasteiger charge is -2.17. The molecule has 1 unspecified atom stereocenters. The molecule has 0 aromatic heterocycles. The Kier molecular flexibility index (Phi) is 1.56. The van der Waals surface area contributed by atoms with Crippen molar-refractivity contribution in [2.24, 2.45) is 5.73 Å². The van der Waals surface area contributed by atoms with E-state index >= 15 is 0 Å². The molecule has 1 aliphatic heterocycles. The molecule has 0 saturated heterocycles. The molecular formula is C5H7ClN2. The number of hydrogen-bond donors (Lipinski definition) is 1. The number of halogens is 1. The first-order chi connectivity index (χ1) is 3.80. The van der Waals surface area contributed by atoms with Gasteiger partial charge in [-0.1, -0.05) is 6.08 Å². The number of rotatable bonds is 0. The van der Waals surface area contributed by atoms with E-state index in [4.69, 9.17) is 17.5 Å². The Morgan fingerprint density at radius 2 is 2.25 bits per heavy atom. The van der Waals surface area contributed by atoms with Gasteiger partial charge in [-0.2, -0.15) is 0 Å². The molecule has 0 aromatic carbocycles. The predicted octanol–water partition coefficient (Wildman–Crippen LogP) is 0.811. The molecule has 0 bridgehead atoms. The average molecular weight is 131 g/mol. The third kappa shape index (κ3) is 1.02. The molecule has 0 saturated carbocycles. The monoisotopic (exact) mass is 130 g/mol. The SMILES string of the molecule is NC1C=CC=CN1Cl. The standard InChI is InChI=1S/C5H7ClN2/c6-8-4-2-1-3-5(8)7/h1-5H,7H2. The first kappa shape index (κ1) is 5.66. The Hall–Kier alpha value is -0.470. The van der Waals surface area contributed by atoms with Crippen LogP contribution >= 0.6 is 11.8 Å². The quantitative estimate of drug-likeness (QED) is 0.492. The second kappa shape index (κ2) is 2.20. The molecule has 0 aromatic rings. The van der Waals surface area contributed by atoms with Crippen molar-refractivity contribution in [3.8, 4) is 0 Å². The van der Waals surface area contributed by atoms with E-state index in [2.05, 4.69) is 0 Å². The van der Waals surface area contributed by atoms with Crippen LogP contribution < -0.4 is 5.73 Å². The minimum absolute atomic E-state index is 0.165. The van der Waals surface area contributed by atoms with Crippen molar-refractivity contribution in [3.63, 3.8) is 0 Å². The molecule has 44 valence electrons. The van der Waals surface area contributed by atoms with Gasteiger partial charge in [0.25, 0.3) is 0 Å². The highest BCUT2D eigenvalue weighted by atomic mass is 35.5. The van der Waals surface area contributed by atoms with Gasteiger partial charge in [0.2, 0.25) is 0 Å². The highest BCUT2D eigenvalue weighted by Crippen LogP contribution is 2.04. The summed E-state index contributed by atoms with van der Waals surface area (Å²) in [6.07, 6.45) is 7.06. The number of nitrogens with zero attached hydrogens (tertiary/aromatic N) is 1. The van der Waals surface area contributed by atoms with Crippen molar-refractivity contribution in [2.45, 2.75) is 6.17 Å². The van der Waals surface area contributed by atoms with Crippen LogP contribution in [0.4, 0.5) is 0 Å². The molecule has 1 heterocycles. The maximum Gasteiger partial charge on any atom is 0.111 e. The average Bonchev–Trinajstić information content (AvgIpc) is 1.77. The topological polar surface area (TPSA) is 29.3 Å². The molecule has 3 heteroatoms. The summed E-state index contributed by atoms with van der Waals surface area (Å²) >= 11 is 5.54. The van der Waals surface area contributed by atoms with Gasteiger partial charge in [0.05, 0.1) is 0 Å². The molecule has 0 fully saturated rings. The van der Waals surface area contributed by atoms with Crippen molar-refractivity contribution >= 4 is 11.8 Å². The van der Waals surface area contributed by atoms with Gasteiger partial charge in [-0.15, -0.1) is 0 Å². The maximum absolute atomic E-state index is 5.54. The van der Waals surface area contributed by atoms with Gasteiger partial charge < -0.3 is 5.73 Å². The van der Waals surface area contributed by atoms with Crippen LogP contribution in [-0.4, -0.2) is 10.6 Å². The van der Waals surface area contributed by atoms with E-state index in [9.17, 15) is 0 Å². The van der Waals surface area contributed by atoms with E-state index in [1.54, 1.807) is 6.20 Å². The molecule has 1 atom stereocenters. The van der Waals surface area contributed by atoms with Gasteiger partial charge in [0.15, 0.2) is 0 Å². The summed E-state index contributed by atoms with van der Waals surface area (Å²) in [4.78, 5) is 0. The van der Waals surface area contributed by atoms with E-state index in [-0.39, 0.29) is 6.17 Å². The van der Waals surface area contributed by atoms with Crippen LogP contribution in [0.25, 0.3) is 0 Å². The van der Waals surface area contributed by atoms with E-state index in [0.717, 1.165) is 0 Å². The van der Waals surface area contributed by atoms with Crippen LogP contribution in [0.1, 0.15) is 0 Å². The van der Waals surface area contributed by atoms with E-state index in [0.29, 0.717) is 0 Å². The molecule has 0 aliphatic carbocycles. The second-order valence-corrected chi connectivity index (χ2v) is 1.95. The van der Waals surface area contributed by atoms with Crippen LogP contribution in [0.2, 0.25) is 0 Å². The number of allylic oxidation sites excluding steroid dienone is 2. The molecule has 0 spiro atoms. The van der Waals surface area contributed by atoms with E-state index < -0.39 is 0 Å². The van der Waals surface area contributed by atoms with Crippen LogP contribution in [0.5, 0.6) is 0 Å². The summed E-state index contributed by atoms with van der Waals surface area (Å²) in [5.74, 6) is 0. The molecule has 1 rings (SSSR count). The largest absolute Gasteiger partial charge is 0.307 e. The normalized spacial score (nSPS) is 26.8. The number of nitrogens with two attached hydrogens (primary N) is 1. The Labute approximate surface area is 53.3 Å². The highest BCUT2D eigenvalue weighted by molar-refractivity contribution is 6.14. The van der Waals surface area contributed by atoms with Crippen molar-refractivity contribution < 1.29 is 0 Å². The molecular weight excluding hydrogens is 124 g/mol. The summed E-state index contributed by atoms with van der Waals surface area (Å²) in [5, 5.41) is 0. The Balaban J connectivity index is 2.59. The smallest absolute Gasteiger partial charge is 0.111 e. The summed E-state index contributed by atoms with van der Waals surface area (Å²) in [6.45, 7) is 0. The van der Waals surface area contributed by atoms with Gasteiger partial charge in [-0.25, -0.2) is 0 Å². The summed E-state index contributed by atoms with van der Waals surface area (Å²) in [5.41, 5.74) is 5.43. The zero-order valence-corrected chi connectivity index (χ0v) is 5.05. The minimum atomic E-state index is -0.165. The lowest BCUT2D eigenvalue weighted by Crippen LogP contribution is -2.30. The Bertz CT molecular complexity index is 114. The lowest BCUT2D eigenvalue weighted by molar-refractivity contribution is 0.512. The van der Waals surface area contributed by atoms with Crippen LogP contribution in [0.3, 0.4) is 0 Å². The lowest BCUT2D eigenvalue weighted by atomic mass is 10.3. The maximum atomic E-state index is 5.54. The predicted molar refractivity (Wildman–Crippen MR) is 33.9 cm³/mol. The summed E-state index contributed by atoms with van der Waals surface area (Å²) in [7, 11) is 0. The number of hydrogen-bond acceptors (Lipinski definition) is 2. The van der Waals surface area contributed by atoms with E-state index in [1.165, 1.54) is 4.42 Å². The highest BCUT2D eigenvalue weighted by Gasteiger charge is 2.03. The van der Waals surface area contributed by atoms with Crippen molar-refractivity contribution in [1.82, 2.24) is 4.42 Å². The zero-order valence-electron chi connectivity index (χ0n) is 4.29. The molecule has 0 radical (unpaired) electrons. The third-order valence-corrected chi connectivity index (χ3v) is 1.27. The van der Waals surface area contributed by atoms with Gasteiger partial charge in [0, 0.05) is 18.0 Å². The van der Waals surface area contributed by atoms with Gasteiger partial charge in [-0.3, -0.25) is 4.42 Å². The fourth-order valence-electron chi connectivity index (χ4n) is 0.492. The van der Waals surface area contributed by atoms with Gasteiger partial charge in [0.1, 0.15) is 6.17 Å². The fraction of sp³-hybridized carbons (Fsp3) is 0.200. The van der Waals surface area contributed by atoms with Gasteiger partial charge in [-0.05, 0) is 12.2 Å². The molecule has 0 amide bonds. The molecule has 1 aliphatic rings. The third-order valence-electron chi connectivity index (χ3n) is 0.933. The molecule has 2 nitrogen and oxygen atoms in total. The summed E-state index contributed by atoms with van der Waals surface area (Å²) < 4.78 is 1.42. The second-order valence-electron chi connectivity index (χ2n) is 1.56. The fourth-order valence-corrected chi connectivity index (χ4v) is 0.622. The van der Waals surface area contributed by atoms with Crippen molar-refractivity contribution in [1.29, 1.82) is 0 Å². The van der Waals surface area contributed by atoms with Gasteiger partial charge >= 0.3 is 0 Å². The molecule has 8 heavy (non-hydrogen) atoms. The van der Waals surface area contributed by atoms with Crippen molar-refractivity contribution in [2.75, 3.05) is 0 Å². The van der Waals surface area contributed by atoms with Crippen molar-refractivity contribution in [3.05, 3.63) is 24.4 Å². The van der Waals surface area contributed by atoms with Crippen LogP contribution in [0.15, 0.2) is 24.4 Å². The van der Waals surface area contributed by atoms with Crippen LogP contribution in [-0.2, 0) is 0 Å². The van der Waals surface area contributed by atoms with E-state index in [1.807, 2.05) is 18.2 Å². The Morgan fingerprint density at radius 3 is 2.62 bits per heavy atom.